The maximum absolute atomic E-state index is 13.3. The van der Waals surface area contributed by atoms with Crippen molar-refractivity contribution in [3.63, 3.8) is 0 Å². The van der Waals surface area contributed by atoms with Crippen molar-refractivity contribution >= 4 is 14.3 Å². The van der Waals surface area contributed by atoms with Crippen LogP contribution in [0.25, 0.3) is 0 Å². The summed E-state index contributed by atoms with van der Waals surface area (Å²) < 4.78 is 85.3. The average molecular weight is 499 g/mol. The second-order valence-corrected chi connectivity index (χ2v) is 23.4. The molecule has 0 saturated heterocycles. The van der Waals surface area contributed by atoms with Gasteiger partial charge >= 0.3 is 149 Å². The average Bonchev–Trinajstić information content (AvgIpc) is 2.73. The van der Waals surface area contributed by atoms with E-state index in [4.69, 9.17) is 0 Å². The molecule has 0 aromatic carbocycles. The number of rotatable bonds is 5. The van der Waals surface area contributed by atoms with E-state index in [1.54, 1.807) is 42.3 Å². The molecule has 0 aromatic heterocycles. The van der Waals surface area contributed by atoms with E-state index in [0.717, 1.165) is 6.08 Å². The number of hydrogen-bond donors (Lipinski definition) is 0. The van der Waals surface area contributed by atoms with Crippen molar-refractivity contribution in [3.05, 3.63) is 19.8 Å². The molecule has 0 N–H and O–H groups in total. The third kappa shape index (κ3) is 4.02. The predicted octanol–water partition coefficient (Wildman–Crippen LogP) is 2.75. The molecule has 0 unspecified atom stereocenters. The molecule has 3 nitrogen and oxygen atoms in total. The van der Waals surface area contributed by atoms with Crippen LogP contribution in [0.2, 0.25) is 0 Å². The van der Waals surface area contributed by atoms with Crippen molar-refractivity contribution in [2.24, 2.45) is 0 Å². The molecular formula is C13H23F6GeN3Zr. The fourth-order valence-corrected chi connectivity index (χ4v) is 23.8. The Bertz CT molecular complexity index is 489. The molecule has 0 aromatic rings. The van der Waals surface area contributed by atoms with Gasteiger partial charge in [0.05, 0.1) is 0 Å². The Hall–Kier alpha value is 0.366. The van der Waals surface area contributed by atoms with E-state index < -0.39 is 49.9 Å². The third-order valence-electron chi connectivity index (χ3n) is 4.21. The van der Waals surface area contributed by atoms with Crippen molar-refractivity contribution in [1.29, 1.82) is 0 Å². The van der Waals surface area contributed by atoms with Crippen LogP contribution in [0.4, 0.5) is 26.3 Å². The summed E-state index contributed by atoms with van der Waals surface area (Å²) in [6, 6.07) is 0. The fraction of sp³-hybridized carbons (Fsp3) is 0.692. The van der Waals surface area contributed by atoms with Gasteiger partial charge in [-0.15, -0.1) is 0 Å². The zero-order chi connectivity index (χ0) is 19.1. The van der Waals surface area contributed by atoms with E-state index in [0.29, 0.717) is 3.28 Å². The summed E-state index contributed by atoms with van der Waals surface area (Å²) in [5, 5.41) is -10.4. The SMILES string of the molecule is C[N](C)[Zr]([C]1=[C]([GeH]([C](F)(F)F)[C](F)(F)F)C=CC1)([N](C)C)[N](C)C. The van der Waals surface area contributed by atoms with Crippen LogP contribution in [0.1, 0.15) is 6.42 Å². The maximum atomic E-state index is 13.3. The minimum absolute atomic E-state index is 0.161. The van der Waals surface area contributed by atoms with E-state index in [1.807, 2.05) is 8.53 Å². The van der Waals surface area contributed by atoms with Gasteiger partial charge in [0.15, 0.2) is 0 Å². The van der Waals surface area contributed by atoms with E-state index in [9.17, 15) is 26.3 Å². The molecule has 0 atom stereocenters. The molecule has 0 saturated carbocycles. The Balaban J connectivity index is 3.72. The standard InChI is InChI=1S/C7H5F6Ge.3C2H6N.Zr/c8-6(9,10)14(7(11,12)13)5-3-1-2-4-5;3*1-3-2;/h1,3,14H,2H2;3*1-2H3;/q;3*-1;+3. The van der Waals surface area contributed by atoms with E-state index in [1.165, 1.54) is 6.08 Å². The molecule has 0 aliphatic heterocycles. The quantitative estimate of drug-likeness (QED) is 0.426. The molecule has 0 heterocycles. The molecule has 0 spiro atoms. The number of allylic oxidation sites excluding steroid dienone is 4. The van der Waals surface area contributed by atoms with Gasteiger partial charge in [-0.3, -0.25) is 0 Å². The van der Waals surface area contributed by atoms with Crippen molar-refractivity contribution in [1.82, 2.24) is 8.53 Å². The van der Waals surface area contributed by atoms with Gasteiger partial charge in [0.2, 0.25) is 0 Å². The van der Waals surface area contributed by atoms with Gasteiger partial charge in [0.1, 0.15) is 0 Å². The first-order valence-electron chi connectivity index (χ1n) is 7.24. The van der Waals surface area contributed by atoms with Crippen LogP contribution in [-0.4, -0.2) is 75.2 Å². The van der Waals surface area contributed by atoms with Crippen molar-refractivity contribution in [2.45, 2.75) is 16.4 Å². The molecule has 1 aliphatic rings. The predicted molar refractivity (Wildman–Crippen MR) is 81.1 cm³/mol. The molecule has 1 aliphatic carbocycles. The van der Waals surface area contributed by atoms with Gasteiger partial charge in [-0.25, -0.2) is 0 Å². The Morgan fingerprint density at radius 1 is 0.833 bits per heavy atom. The van der Waals surface area contributed by atoms with Crippen LogP contribution < -0.4 is 0 Å². The summed E-state index contributed by atoms with van der Waals surface area (Å²) in [4.78, 5) is 0. The zero-order valence-corrected chi connectivity index (χ0v) is 19.4. The van der Waals surface area contributed by atoms with Gasteiger partial charge < -0.3 is 0 Å². The topological polar surface area (TPSA) is 9.72 Å². The van der Waals surface area contributed by atoms with Crippen LogP contribution in [0.5, 0.6) is 0 Å². The Labute approximate surface area is 148 Å². The summed E-state index contributed by atoms with van der Waals surface area (Å²) in [7, 11) is 10.4. The molecular weight excluding hydrogens is 476 g/mol. The molecule has 24 heavy (non-hydrogen) atoms. The Morgan fingerprint density at radius 3 is 1.50 bits per heavy atom. The first-order valence-corrected chi connectivity index (χ1v) is 15.4. The van der Waals surface area contributed by atoms with E-state index >= 15 is 0 Å². The first kappa shape index (κ1) is 22.4. The van der Waals surface area contributed by atoms with Gasteiger partial charge in [-0.1, -0.05) is 0 Å². The van der Waals surface area contributed by atoms with Crippen molar-refractivity contribution < 1.29 is 47.5 Å². The minimum atomic E-state index is -5.78. The monoisotopic (exact) mass is 499 g/mol. The van der Waals surface area contributed by atoms with E-state index in [-0.39, 0.29) is 6.42 Å². The summed E-state index contributed by atoms with van der Waals surface area (Å²) in [5.74, 6) is 0. The van der Waals surface area contributed by atoms with Gasteiger partial charge in [-0.05, 0) is 0 Å². The van der Waals surface area contributed by atoms with Gasteiger partial charge in [0.25, 0.3) is 0 Å². The molecule has 11 heteroatoms. The molecule has 0 radical (unpaired) electrons. The Kier molecular flexibility index (Phi) is 7.04. The number of alkyl halides is 6. The summed E-state index contributed by atoms with van der Waals surface area (Å²) in [6.07, 6.45) is 2.69. The second-order valence-electron chi connectivity index (χ2n) is 6.38. The number of nitrogens with zero attached hydrogens (tertiary/aromatic N) is 3. The normalized spacial score (nSPS) is 17.3. The van der Waals surface area contributed by atoms with E-state index in [2.05, 4.69) is 0 Å². The van der Waals surface area contributed by atoms with Crippen LogP contribution in [0.3, 0.4) is 0 Å². The van der Waals surface area contributed by atoms with Crippen LogP contribution in [0, 0.1) is 0 Å². The summed E-state index contributed by atoms with van der Waals surface area (Å²) in [5.41, 5.74) is 0. The summed E-state index contributed by atoms with van der Waals surface area (Å²) >= 11 is -9.74. The van der Waals surface area contributed by atoms with Gasteiger partial charge in [0, 0.05) is 0 Å². The number of halogens is 6. The fourth-order valence-electron chi connectivity index (χ4n) is 3.67. The van der Waals surface area contributed by atoms with Crippen molar-refractivity contribution in [2.75, 3.05) is 42.3 Å². The molecule has 0 bridgehead atoms. The summed E-state index contributed by atoms with van der Waals surface area (Å²) in [6.45, 7) is 0. The molecule has 0 fully saturated rings. The number of hydrogen-bond acceptors (Lipinski definition) is 3. The zero-order valence-electron chi connectivity index (χ0n) is 14.5. The molecule has 140 valence electrons. The molecule has 0 amide bonds. The van der Waals surface area contributed by atoms with Crippen LogP contribution in [-0.2, 0) is 21.1 Å². The van der Waals surface area contributed by atoms with Crippen LogP contribution in [0.15, 0.2) is 19.8 Å². The third-order valence-corrected chi connectivity index (χ3v) is 23.3. The van der Waals surface area contributed by atoms with Gasteiger partial charge in [-0.2, -0.15) is 0 Å². The van der Waals surface area contributed by atoms with Crippen molar-refractivity contribution in [3.8, 4) is 0 Å². The van der Waals surface area contributed by atoms with Crippen LogP contribution >= 0.6 is 0 Å². The Morgan fingerprint density at radius 2 is 1.21 bits per heavy atom. The molecule has 1 rings (SSSR count). The second kappa shape index (κ2) is 7.54. The first-order chi connectivity index (χ1) is 10.7.